The van der Waals surface area contributed by atoms with E-state index >= 15 is 0 Å². The molecule has 10 atom stereocenters. The third-order valence-corrected chi connectivity index (χ3v) is 10.6. The van der Waals surface area contributed by atoms with Crippen molar-refractivity contribution in [3.05, 3.63) is 24.2 Å². The summed E-state index contributed by atoms with van der Waals surface area (Å²) in [6.07, 6.45) is 8.10. The minimum absolute atomic E-state index is 0.0239. The Hall–Kier alpha value is -0.880. The summed E-state index contributed by atoms with van der Waals surface area (Å²) < 4.78 is 19.0. The molecule has 2 unspecified atom stereocenters. The van der Waals surface area contributed by atoms with E-state index in [-0.39, 0.29) is 29.1 Å². The Labute approximate surface area is 185 Å². The fourth-order valence-corrected chi connectivity index (χ4v) is 9.10. The molecule has 6 rings (SSSR count). The van der Waals surface area contributed by atoms with Crippen molar-refractivity contribution in [2.45, 2.75) is 102 Å². The highest BCUT2D eigenvalue weighted by atomic mass is 16.8. The monoisotopic (exact) mass is 430 g/mol. The fourth-order valence-electron chi connectivity index (χ4n) is 9.10. The summed E-state index contributed by atoms with van der Waals surface area (Å²) in [5.74, 6) is 1.73. The van der Waals surface area contributed by atoms with Gasteiger partial charge in [0.05, 0.1) is 24.6 Å². The van der Waals surface area contributed by atoms with E-state index in [0.29, 0.717) is 23.7 Å². The first kappa shape index (κ1) is 20.7. The zero-order valence-corrected chi connectivity index (χ0v) is 19.3. The van der Waals surface area contributed by atoms with Crippen molar-refractivity contribution in [2.75, 3.05) is 0 Å². The number of fused-ring (bicyclic) bond motifs is 8. The van der Waals surface area contributed by atoms with Gasteiger partial charge in [0, 0.05) is 5.41 Å². The van der Waals surface area contributed by atoms with Crippen LogP contribution in [0.5, 0.6) is 0 Å². The van der Waals surface area contributed by atoms with Crippen molar-refractivity contribution in [3.63, 3.8) is 0 Å². The Morgan fingerprint density at radius 3 is 2.39 bits per heavy atom. The molecule has 5 heteroatoms. The molecule has 4 aliphatic carbocycles. The second kappa shape index (κ2) is 6.37. The molecule has 31 heavy (non-hydrogen) atoms. The van der Waals surface area contributed by atoms with Crippen LogP contribution in [0.1, 0.15) is 78.4 Å². The molecule has 1 aliphatic heterocycles. The number of aliphatic hydroxyl groups excluding tert-OH is 1. The van der Waals surface area contributed by atoms with Gasteiger partial charge in [-0.3, -0.25) is 0 Å². The summed E-state index contributed by atoms with van der Waals surface area (Å²) in [6, 6.07) is 3.84. The van der Waals surface area contributed by atoms with Crippen LogP contribution in [0.4, 0.5) is 0 Å². The molecule has 172 valence electrons. The maximum Gasteiger partial charge on any atom is 0.163 e. The van der Waals surface area contributed by atoms with Crippen molar-refractivity contribution in [3.8, 4) is 0 Å². The second-order valence-corrected chi connectivity index (χ2v) is 12.2. The Morgan fingerprint density at radius 1 is 0.903 bits per heavy atom. The van der Waals surface area contributed by atoms with E-state index < -0.39 is 11.4 Å². The van der Waals surface area contributed by atoms with E-state index in [4.69, 9.17) is 13.9 Å². The minimum Gasteiger partial charge on any atom is -0.466 e. The molecule has 5 nitrogen and oxygen atoms in total. The average Bonchev–Trinajstić information content (AvgIpc) is 3.41. The highest BCUT2D eigenvalue weighted by Crippen LogP contribution is 2.71. The van der Waals surface area contributed by atoms with Crippen LogP contribution in [-0.2, 0) is 15.1 Å². The molecular weight excluding hydrogens is 392 g/mol. The van der Waals surface area contributed by atoms with Crippen molar-refractivity contribution in [2.24, 2.45) is 34.5 Å². The maximum absolute atomic E-state index is 12.0. The molecule has 2 heterocycles. The summed E-state index contributed by atoms with van der Waals surface area (Å²) in [5, 5.41) is 22.5. The smallest absolute Gasteiger partial charge is 0.163 e. The molecule has 0 aromatic carbocycles. The van der Waals surface area contributed by atoms with Gasteiger partial charge in [0.25, 0.3) is 0 Å². The lowest BCUT2D eigenvalue weighted by Crippen LogP contribution is -2.64. The first-order chi connectivity index (χ1) is 14.6. The number of aliphatic hydroxyl groups is 2. The van der Waals surface area contributed by atoms with Gasteiger partial charge in [-0.25, -0.2) is 0 Å². The molecule has 1 aromatic heterocycles. The van der Waals surface area contributed by atoms with E-state index in [2.05, 4.69) is 13.8 Å². The topological polar surface area (TPSA) is 72.1 Å². The molecule has 1 aromatic rings. The summed E-state index contributed by atoms with van der Waals surface area (Å²) in [6.45, 7) is 8.82. The lowest BCUT2D eigenvalue weighted by Gasteiger charge is -2.63. The van der Waals surface area contributed by atoms with Gasteiger partial charge >= 0.3 is 0 Å². The van der Waals surface area contributed by atoms with Crippen LogP contribution >= 0.6 is 0 Å². The largest absolute Gasteiger partial charge is 0.466 e. The summed E-state index contributed by atoms with van der Waals surface area (Å²) in [7, 11) is 0. The second-order valence-electron chi connectivity index (χ2n) is 12.2. The standard InChI is InChI=1S/C26H38O5/c1-23(2)30-21-18-14-15(27)7-10-24(18,3)16-8-11-25(4)17(20(16)22(21)31-23)9-12-26(25,28)19-6-5-13-29-19/h5-6,13,15-18,20-22,27-28H,7-12,14H2,1-4H3/t15-,16?,17-,18+,20?,21+,22+,24+,25-,26+/m0/s1. The quantitative estimate of drug-likeness (QED) is 0.681. The summed E-state index contributed by atoms with van der Waals surface area (Å²) >= 11 is 0. The van der Waals surface area contributed by atoms with Gasteiger partial charge in [-0.15, -0.1) is 0 Å². The Kier molecular flexibility index (Phi) is 4.26. The SMILES string of the molecule is CC1(C)O[C@H]2[C@H](O1)C1C(CC[C@@]3(C)[C@H]1CC[C@@]3(O)c1ccco1)[C@@]1(C)CC[C@H](O)C[C@H]21. The summed E-state index contributed by atoms with van der Waals surface area (Å²) in [4.78, 5) is 0. The molecule has 2 N–H and O–H groups in total. The maximum atomic E-state index is 12.0. The first-order valence-electron chi connectivity index (χ1n) is 12.4. The molecule has 5 aliphatic rings. The van der Waals surface area contributed by atoms with E-state index in [1.807, 2.05) is 26.0 Å². The van der Waals surface area contributed by atoms with E-state index in [0.717, 1.165) is 50.7 Å². The number of hydrogen-bond acceptors (Lipinski definition) is 5. The highest BCUT2D eigenvalue weighted by molar-refractivity contribution is 5.24. The Balaban J connectivity index is 1.44. The van der Waals surface area contributed by atoms with Crippen LogP contribution in [-0.4, -0.2) is 34.3 Å². The predicted octanol–water partition coefficient (Wildman–Crippen LogP) is 4.61. The first-order valence-corrected chi connectivity index (χ1v) is 12.4. The molecular formula is C26H38O5. The molecule has 4 saturated carbocycles. The lowest BCUT2D eigenvalue weighted by atomic mass is 9.43. The van der Waals surface area contributed by atoms with Gasteiger partial charge in [0.1, 0.15) is 11.4 Å². The number of ether oxygens (including phenoxy) is 2. The van der Waals surface area contributed by atoms with Gasteiger partial charge in [0.2, 0.25) is 0 Å². The van der Waals surface area contributed by atoms with Crippen LogP contribution in [0.25, 0.3) is 0 Å². The molecule has 5 fully saturated rings. The molecule has 0 spiro atoms. The van der Waals surface area contributed by atoms with Crippen LogP contribution in [0, 0.1) is 34.5 Å². The van der Waals surface area contributed by atoms with Crippen LogP contribution in [0.15, 0.2) is 22.8 Å². The van der Waals surface area contributed by atoms with Crippen molar-refractivity contribution in [1.82, 2.24) is 0 Å². The van der Waals surface area contributed by atoms with Gasteiger partial charge < -0.3 is 24.1 Å². The Morgan fingerprint density at radius 2 is 1.65 bits per heavy atom. The van der Waals surface area contributed by atoms with E-state index in [1.165, 1.54) is 0 Å². The third-order valence-electron chi connectivity index (χ3n) is 10.6. The van der Waals surface area contributed by atoms with Gasteiger partial charge in [0.15, 0.2) is 5.79 Å². The molecule has 0 amide bonds. The van der Waals surface area contributed by atoms with Crippen molar-refractivity contribution in [1.29, 1.82) is 0 Å². The zero-order valence-electron chi connectivity index (χ0n) is 19.3. The molecule has 0 radical (unpaired) electrons. The summed E-state index contributed by atoms with van der Waals surface area (Å²) in [5.41, 5.74) is -0.997. The van der Waals surface area contributed by atoms with Gasteiger partial charge in [-0.05, 0) is 100 Å². The van der Waals surface area contributed by atoms with Crippen LogP contribution < -0.4 is 0 Å². The molecule has 1 saturated heterocycles. The lowest BCUT2D eigenvalue weighted by molar-refractivity contribution is -0.208. The number of hydrogen-bond donors (Lipinski definition) is 2. The van der Waals surface area contributed by atoms with Crippen molar-refractivity contribution >= 4 is 0 Å². The van der Waals surface area contributed by atoms with Gasteiger partial charge in [-0.1, -0.05) is 13.8 Å². The number of rotatable bonds is 1. The fraction of sp³-hybridized carbons (Fsp3) is 0.846. The highest BCUT2D eigenvalue weighted by Gasteiger charge is 2.71. The zero-order chi connectivity index (χ0) is 21.8. The van der Waals surface area contributed by atoms with E-state index in [1.54, 1.807) is 6.26 Å². The molecule has 0 bridgehead atoms. The van der Waals surface area contributed by atoms with Crippen molar-refractivity contribution < 1.29 is 24.1 Å². The normalized spacial score (nSPS) is 55.2. The minimum atomic E-state index is -0.920. The van der Waals surface area contributed by atoms with Crippen LogP contribution in [0.3, 0.4) is 0 Å². The van der Waals surface area contributed by atoms with E-state index in [9.17, 15) is 10.2 Å². The third kappa shape index (κ3) is 2.58. The predicted molar refractivity (Wildman–Crippen MR) is 115 cm³/mol. The average molecular weight is 431 g/mol. The van der Waals surface area contributed by atoms with Crippen LogP contribution in [0.2, 0.25) is 0 Å². The number of furan rings is 1. The van der Waals surface area contributed by atoms with Gasteiger partial charge in [-0.2, -0.15) is 0 Å². The Bertz CT molecular complexity index is 850.